The van der Waals surface area contributed by atoms with Gasteiger partial charge in [0.15, 0.2) is 5.78 Å². The fraction of sp³-hybridized carbons (Fsp3) is 0.533. The SMILES string of the molecule is CCN(CC)CCCOc1ccc(C(C)=O)cc1. The second-order valence-corrected chi connectivity index (χ2v) is 4.31. The summed E-state index contributed by atoms with van der Waals surface area (Å²) >= 11 is 0. The molecule has 1 rings (SSSR count). The number of Topliss-reactive ketones (excluding diaryl/α,β-unsaturated/α-hetero) is 1. The molecule has 0 N–H and O–H groups in total. The Morgan fingerprint density at radius 2 is 1.78 bits per heavy atom. The molecule has 0 aliphatic rings. The van der Waals surface area contributed by atoms with Crippen LogP contribution in [0.4, 0.5) is 0 Å². The van der Waals surface area contributed by atoms with Crippen LogP contribution in [0.1, 0.15) is 37.6 Å². The normalized spacial score (nSPS) is 10.7. The Bertz CT molecular complexity index is 355. The van der Waals surface area contributed by atoms with Crippen molar-refractivity contribution < 1.29 is 9.53 Å². The maximum absolute atomic E-state index is 11.1. The second kappa shape index (κ2) is 7.88. The predicted octanol–water partition coefficient (Wildman–Crippen LogP) is 3.00. The van der Waals surface area contributed by atoms with Crippen LogP contribution in [-0.4, -0.2) is 36.9 Å². The monoisotopic (exact) mass is 249 g/mol. The third-order valence-corrected chi connectivity index (χ3v) is 3.04. The third-order valence-electron chi connectivity index (χ3n) is 3.04. The van der Waals surface area contributed by atoms with Gasteiger partial charge in [0.2, 0.25) is 0 Å². The smallest absolute Gasteiger partial charge is 0.159 e. The molecule has 0 spiro atoms. The van der Waals surface area contributed by atoms with Crippen molar-refractivity contribution in [3.8, 4) is 5.75 Å². The molecule has 1 aromatic rings. The van der Waals surface area contributed by atoms with Crippen molar-refractivity contribution in [2.75, 3.05) is 26.2 Å². The summed E-state index contributed by atoms with van der Waals surface area (Å²) in [5.41, 5.74) is 0.727. The molecule has 0 saturated heterocycles. The molecule has 0 radical (unpaired) electrons. The van der Waals surface area contributed by atoms with Gasteiger partial charge in [-0.15, -0.1) is 0 Å². The first-order chi connectivity index (χ1) is 8.67. The van der Waals surface area contributed by atoms with E-state index in [1.165, 1.54) is 0 Å². The Morgan fingerprint density at radius 3 is 2.28 bits per heavy atom. The number of rotatable bonds is 8. The number of carbonyl (C=O) groups excluding carboxylic acids is 1. The van der Waals surface area contributed by atoms with Gasteiger partial charge in [0.05, 0.1) is 6.61 Å². The van der Waals surface area contributed by atoms with E-state index in [9.17, 15) is 4.79 Å². The highest BCUT2D eigenvalue weighted by Crippen LogP contribution is 2.12. The second-order valence-electron chi connectivity index (χ2n) is 4.31. The summed E-state index contributed by atoms with van der Waals surface area (Å²) in [7, 11) is 0. The van der Waals surface area contributed by atoms with E-state index in [4.69, 9.17) is 4.74 Å². The molecule has 0 fully saturated rings. The maximum atomic E-state index is 11.1. The number of benzene rings is 1. The van der Waals surface area contributed by atoms with E-state index in [0.717, 1.165) is 44.0 Å². The van der Waals surface area contributed by atoms with Crippen molar-refractivity contribution in [3.63, 3.8) is 0 Å². The molecule has 0 aliphatic heterocycles. The van der Waals surface area contributed by atoms with Crippen LogP contribution in [0.3, 0.4) is 0 Å². The summed E-state index contributed by atoms with van der Waals surface area (Å²) in [5.74, 6) is 0.919. The van der Waals surface area contributed by atoms with Crippen LogP contribution in [0.15, 0.2) is 24.3 Å². The molecular weight excluding hydrogens is 226 g/mol. The van der Waals surface area contributed by atoms with Gasteiger partial charge in [-0.05, 0) is 50.7 Å². The van der Waals surface area contributed by atoms with Crippen LogP contribution in [0.2, 0.25) is 0 Å². The summed E-state index contributed by atoms with van der Waals surface area (Å²) in [4.78, 5) is 13.5. The molecule has 0 aromatic heterocycles. The minimum Gasteiger partial charge on any atom is -0.494 e. The lowest BCUT2D eigenvalue weighted by molar-refractivity contribution is 0.101. The third kappa shape index (κ3) is 4.88. The standard InChI is InChI=1S/C15H23NO2/c1-4-16(5-2)11-6-12-18-15-9-7-14(8-10-15)13(3)17/h7-10H,4-6,11-12H2,1-3H3. The molecule has 0 amide bonds. The first kappa shape index (κ1) is 14.7. The number of nitrogens with zero attached hydrogens (tertiary/aromatic N) is 1. The molecule has 0 saturated carbocycles. The lowest BCUT2D eigenvalue weighted by Crippen LogP contribution is -2.25. The largest absolute Gasteiger partial charge is 0.494 e. The molecule has 0 atom stereocenters. The van der Waals surface area contributed by atoms with E-state index in [0.29, 0.717) is 0 Å². The van der Waals surface area contributed by atoms with Gasteiger partial charge in [0, 0.05) is 12.1 Å². The zero-order valence-corrected chi connectivity index (χ0v) is 11.6. The number of hydrogen-bond acceptors (Lipinski definition) is 3. The highest BCUT2D eigenvalue weighted by Gasteiger charge is 2.01. The summed E-state index contributed by atoms with van der Waals surface area (Å²) in [5, 5.41) is 0. The zero-order valence-electron chi connectivity index (χ0n) is 11.6. The summed E-state index contributed by atoms with van der Waals surface area (Å²) in [6.45, 7) is 9.87. The first-order valence-corrected chi connectivity index (χ1v) is 6.63. The molecule has 3 heteroatoms. The average molecular weight is 249 g/mol. The molecule has 0 bridgehead atoms. The van der Waals surface area contributed by atoms with Gasteiger partial charge in [0.1, 0.15) is 5.75 Å². The Kier molecular flexibility index (Phi) is 6.44. The minimum absolute atomic E-state index is 0.0862. The van der Waals surface area contributed by atoms with Crippen LogP contribution in [0.5, 0.6) is 5.75 Å². The number of ketones is 1. The lowest BCUT2D eigenvalue weighted by atomic mass is 10.1. The minimum atomic E-state index is 0.0862. The van der Waals surface area contributed by atoms with Crippen molar-refractivity contribution >= 4 is 5.78 Å². The van der Waals surface area contributed by atoms with E-state index in [2.05, 4.69) is 18.7 Å². The number of ether oxygens (including phenoxy) is 1. The highest BCUT2D eigenvalue weighted by molar-refractivity contribution is 5.94. The maximum Gasteiger partial charge on any atom is 0.159 e. The molecule has 0 aliphatic carbocycles. The Morgan fingerprint density at radius 1 is 1.17 bits per heavy atom. The van der Waals surface area contributed by atoms with Gasteiger partial charge in [-0.1, -0.05) is 13.8 Å². The summed E-state index contributed by atoms with van der Waals surface area (Å²) in [6.07, 6.45) is 1.02. The van der Waals surface area contributed by atoms with Gasteiger partial charge in [0.25, 0.3) is 0 Å². The van der Waals surface area contributed by atoms with Crippen molar-refractivity contribution in [2.45, 2.75) is 27.2 Å². The molecule has 18 heavy (non-hydrogen) atoms. The highest BCUT2D eigenvalue weighted by atomic mass is 16.5. The van der Waals surface area contributed by atoms with Crippen molar-refractivity contribution in [2.24, 2.45) is 0 Å². The predicted molar refractivity (Wildman–Crippen MR) is 74.3 cm³/mol. The molecular formula is C15H23NO2. The Labute approximate surface area is 110 Å². The molecule has 100 valence electrons. The van der Waals surface area contributed by atoms with Gasteiger partial charge < -0.3 is 9.64 Å². The van der Waals surface area contributed by atoms with Gasteiger partial charge in [-0.3, -0.25) is 4.79 Å². The fourth-order valence-corrected chi connectivity index (χ4v) is 1.80. The van der Waals surface area contributed by atoms with E-state index >= 15 is 0 Å². The Hall–Kier alpha value is -1.35. The molecule has 0 heterocycles. The van der Waals surface area contributed by atoms with Crippen molar-refractivity contribution in [3.05, 3.63) is 29.8 Å². The Balaban J connectivity index is 2.29. The van der Waals surface area contributed by atoms with Gasteiger partial charge >= 0.3 is 0 Å². The topological polar surface area (TPSA) is 29.5 Å². The lowest BCUT2D eigenvalue weighted by Gasteiger charge is -2.17. The van der Waals surface area contributed by atoms with Crippen LogP contribution in [0, 0.1) is 0 Å². The van der Waals surface area contributed by atoms with Gasteiger partial charge in [-0.2, -0.15) is 0 Å². The van der Waals surface area contributed by atoms with Crippen molar-refractivity contribution in [1.29, 1.82) is 0 Å². The van der Waals surface area contributed by atoms with Crippen LogP contribution < -0.4 is 4.74 Å². The molecule has 1 aromatic carbocycles. The fourth-order valence-electron chi connectivity index (χ4n) is 1.80. The van der Waals surface area contributed by atoms with E-state index in [-0.39, 0.29) is 5.78 Å². The van der Waals surface area contributed by atoms with Crippen LogP contribution in [-0.2, 0) is 0 Å². The average Bonchev–Trinajstić information content (AvgIpc) is 2.39. The first-order valence-electron chi connectivity index (χ1n) is 6.63. The van der Waals surface area contributed by atoms with Gasteiger partial charge in [-0.25, -0.2) is 0 Å². The van der Waals surface area contributed by atoms with Crippen LogP contribution >= 0.6 is 0 Å². The van der Waals surface area contributed by atoms with E-state index < -0.39 is 0 Å². The molecule has 0 unspecified atom stereocenters. The number of carbonyl (C=O) groups is 1. The van der Waals surface area contributed by atoms with Crippen molar-refractivity contribution in [1.82, 2.24) is 4.90 Å². The van der Waals surface area contributed by atoms with E-state index in [1.54, 1.807) is 6.92 Å². The number of hydrogen-bond donors (Lipinski definition) is 0. The van der Waals surface area contributed by atoms with E-state index in [1.807, 2.05) is 24.3 Å². The van der Waals surface area contributed by atoms with Crippen LogP contribution in [0.25, 0.3) is 0 Å². The zero-order chi connectivity index (χ0) is 13.4. The summed E-state index contributed by atoms with van der Waals surface area (Å²) in [6, 6.07) is 7.33. The quantitative estimate of drug-likeness (QED) is 0.524. The molecule has 3 nitrogen and oxygen atoms in total. The summed E-state index contributed by atoms with van der Waals surface area (Å²) < 4.78 is 5.64.